The Morgan fingerprint density at radius 2 is 2.04 bits per heavy atom. The number of rotatable bonds is 5. The minimum absolute atomic E-state index is 0.152. The van der Waals surface area contributed by atoms with Crippen LogP contribution in [0.2, 0.25) is 0 Å². The molecule has 0 bridgehead atoms. The van der Waals surface area contributed by atoms with Gasteiger partial charge in [0.2, 0.25) is 17.8 Å². The number of carbonyl (C=O) groups is 1. The maximum atomic E-state index is 12.7. The van der Waals surface area contributed by atoms with Crippen LogP contribution in [0.1, 0.15) is 5.89 Å². The number of methoxy groups -OCH3 is 1. The van der Waals surface area contributed by atoms with E-state index < -0.39 is 6.10 Å². The van der Waals surface area contributed by atoms with E-state index in [4.69, 9.17) is 18.7 Å². The van der Waals surface area contributed by atoms with Gasteiger partial charge in [-0.1, -0.05) is 29.4 Å². The van der Waals surface area contributed by atoms with Crippen LogP contribution in [0.4, 0.5) is 0 Å². The number of carbonyl (C=O) groups excluding carboxylic acids is 1. The average molecular weight is 381 g/mol. The van der Waals surface area contributed by atoms with Crippen LogP contribution in [-0.4, -0.2) is 47.8 Å². The van der Waals surface area contributed by atoms with Crippen molar-refractivity contribution in [2.24, 2.45) is 0 Å². The monoisotopic (exact) mass is 381 g/mol. The summed E-state index contributed by atoms with van der Waals surface area (Å²) in [4.78, 5) is 18.5. The Hall–Kier alpha value is -3.55. The topological polar surface area (TPSA) is 86.9 Å². The second-order valence-electron chi connectivity index (χ2n) is 6.30. The highest BCUT2D eigenvalue weighted by molar-refractivity contribution is 5.81. The first-order valence-electron chi connectivity index (χ1n) is 8.74. The van der Waals surface area contributed by atoms with E-state index in [1.807, 2.05) is 36.4 Å². The summed E-state index contributed by atoms with van der Waals surface area (Å²) in [7, 11) is 3.25. The van der Waals surface area contributed by atoms with Gasteiger partial charge in [0.1, 0.15) is 12.4 Å². The zero-order chi connectivity index (χ0) is 19.5. The van der Waals surface area contributed by atoms with Crippen molar-refractivity contribution in [3.05, 3.63) is 54.4 Å². The van der Waals surface area contributed by atoms with E-state index in [0.717, 1.165) is 5.56 Å². The summed E-state index contributed by atoms with van der Waals surface area (Å²) in [6.07, 6.45) is -0.722. The Morgan fingerprint density at radius 1 is 1.21 bits per heavy atom. The van der Waals surface area contributed by atoms with Crippen LogP contribution in [0, 0.1) is 0 Å². The van der Waals surface area contributed by atoms with Gasteiger partial charge in [0.25, 0.3) is 5.91 Å². The number of hydrogen-bond donors (Lipinski definition) is 0. The number of benzene rings is 2. The van der Waals surface area contributed by atoms with Crippen LogP contribution >= 0.6 is 0 Å². The third-order valence-electron chi connectivity index (χ3n) is 4.33. The van der Waals surface area contributed by atoms with Crippen LogP contribution in [0.25, 0.3) is 11.4 Å². The molecule has 1 aliphatic rings. The predicted molar refractivity (Wildman–Crippen MR) is 99.1 cm³/mol. The molecule has 8 heteroatoms. The van der Waals surface area contributed by atoms with Gasteiger partial charge in [-0.2, -0.15) is 4.98 Å². The average Bonchev–Trinajstić information content (AvgIpc) is 3.21. The van der Waals surface area contributed by atoms with E-state index >= 15 is 0 Å². The highest BCUT2D eigenvalue weighted by Crippen LogP contribution is 2.31. The summed E-state index contributed by atoms with van der Waals surface area (Å²) in [6.45, 7) is 0.316. The van der Waals surface area contributed by atoms with Crippen molar-refractivity contribution in [1.29, 1.82) is 0 Å². The minimum Gasteiger partial charge on any atom is -0.497 e. The summed E-state index contributed by atoms with van der Waals surface area (Å²) >= 11 is 0. The molecular formula is C20H19N3O5. The van der Waals surface area contributed by atoms with Crippen molar-refractivity contribution in [3.8, 4) is 28.6 Å². The lowest BCUT2D eigenvalue weighted by Crippen LogP contribution is -2.44. The van der Waals surface area contributed by atoms with E-state index in [1.165, 1.54) is 4.90 Å². The molecule has 144 valence electrons. The van der Waals surface area contributed by atoms with Crippen molar-refractivity contribution >= 4 is 5.91 Å². The number of amides is 1. The van der Waals surface area contributed by atoms with Gasteiger partial charge in [-0.05, 0) is 24.3 Å². The number of aromatic nitrogens is 2. The van der Waals surface area contributed by atoms with Gasteiger partial charge in [-0.25, -0.2) is 0 Å². The summed E-state index contributed by atoms with van der Waals surface area (Å²) in [5.74, 6) is 2.42. The number of para-hydroxylation sites is 2. The van der Waals surface area contributed by atoms with Crippen LogP contribution in [-0.2, 0) is 11.3 Å². The molecule has 0 N–H and O–H groups in total. The largest absolute Gasteiger partial charge is 0.497 e. The molecular weight excluding hydrogens is 362 g/mol. The van der Waals surface area contributed by atoms with Crippen molar-refractivity contribution < 1.29 is 23.5 Å². The van der Waals surface area contributed by atoms with E-state index in [-0.39, 0.29) is 19.1 Å². The lowest BCUT2D eigenvalue weighted by molar-refractivity contribution is -0.140. The van der Waals surface area contributed by atoms with Crippen LogP contribution in [0.3, 0.4) is 0 Å². The molecule has 8 nitrogen and oxygen atoms in total. The zero-order valence-corrected chi connectivity index (χ0v) is 15.5. The molecule has 0 saturated heterocycles. The SMILES string of the molecule is COc1cccc(-c2noc(CN(C)C(=O)C3COc4ccccc4O3)n2)c1. The summed E-state index contributed by atoms with van der Waals surface area (Å²) in [6, 6.07) is 14.6. The fourth-order valence-corrected chi connectivity index (χ4v) is 2.87. The van der Waals surface area contributed by atoms with E-state index in [1.54, 1.807) is 26.3 Å². The van der Waals surface area contributed by atoms with E-state index in [0.29, 0.717) is 29.0 Å². The summed E-state index contributed by atoms with van der Waals surface area (Å²) in [5.41, 5.74) is 0.768. The van der Waals surface area contributed by atoms with Crippen molar-refractivity contribution in [2.75, 3.05) is 20.8 Å². The Balaban J connectivity index is 1.42. The summed E-state index contributed by atoms with van der Waals surface area (Å²) in [5, 5.41) is 3.98. The normalized spacial score (nSPS) is 15.1. The number of ether oxygens (including phenoxy) is 3. The molecule has 2 aromatic carbocycles. The molecule has 1 unspecified atom stereocenters. The maximum Gasteiger partial charge on any atom is 0.267 e. The molecule has 1 aliphatic heterocycles. The highest BCUT2D eigenvalue weighted by Gasteiger charge is 2.30. The van der Waals surface area contributed by atoms with Gasteiger partial charge in [-0.15, -0.1) is 0 Å². The minimum atomic E-state index is -0.722. The standard InChI is InChI=1S/C20H19N3O5/c1-23(20(24)17-12-26-15-8-3-4-9-16(15)27-17)11-18-21-19(22-28-18)13-6-5-7-14(10-13)25-2/h3-10,17H,11-12H2,1-2H3. The van der Waals surface area contributed by atoms with Gasteiger partial charge in [0.05, 0.1) is 13.7 Å². The Labute approximate surface area is 161 Å². The highest BCUT2D eigenvalue weighted by atomic mass is 16.6. The molecule has 0 radical (unpaired) electrons. The quantitative estimate of drug-likeness (QED) is 0.671. The third-order valence-corrected chi connectivity index (χ3v) is 4.33. The maximum absolute atomic E-state index is 12.7. The van der Waals surface area contributed by atoms with Gasteiger partial charge >= 0.3 is 0 Å². The fourth-order valence-electron chi connectivity index (χ4n) is 2.87. The van der Waals surface area contributed by atoms with Gasteiger partial charge < -0.3 is 23.6 Å². The van der Waals surface area contributed by atoms with Gasteiger partial charge in [0.15, 0.2) is 11.5 Å². The lowest BCUT2D eigenvalue weighted by atomic mass is 10.2. The molecule has 0 fully saturated rings. The predicted octanol–water partition coefficient (Wildman–Crippen LogP) is 2.54. The molecule has 2 heterocycles. The molecule has 4 rings (SSSR count). The Bertz CT molecular complexity index is 987. The molecule has 28 heavy (non-hydrogen) atoms. The number of hydrogen-bond acceptors (Lipinski definition) is 7. The Kier molecular flexibility index (Phi) is 4.84. The second-order valence-corrected chi connectivity index (χ2v) is 6.30. The number of likely N-dealkylation sites (N-methyl/N-ethyl adjacent to an activating group) is 1. The summed E-state index contributed by atoms with van der Waals surface area (Å²) < 4.78 is 21.9. The molecule has 0 saturated carbocycles. The smallest absolute Gasteiger partial charge is 0.267 e. The lowest BCUT2D eigenvalue weighted by Gasteiger charge is -2.28. The molecule has 0 aliphatic carbocycles. The van der Waals surface area contributed by atoms with Gasteiger partial charge in [-0.3, -0.25) is 4.79 Å². The van der Waals surface area contributed by atoms with Crippen LogP contribution in [0.5, 0.6) is 17.2 Å². The van der Waals surface area contributed by atoms with Crippen molar-refractivity contribution in [1.82, 2.24) is 15.0 Å². The molecule has 1 amide bonds. The Morgan fingerprint density at radius 3 is 2.86 bits per heavy atom. The van der Waals surface area contributed by atoms with Crippen molar-refractivity contribution in [2.45, 2.75) is 12.6 Å². The first-order valence-corrected chi connectivity index (χ1v) is 8.74. The third kappa shape index (κ3) is 3.62. The van der Waals surface area contributed by atoms with Crippen molar-refractivity contribution in [3.63, 3.8) is 0 Å². The second kappa shape index (κ2) is 7.59. The molecule has 3 aromatic rings. The first-order chi connectivity index (χ1) is 13.6. The number of fused-ring (bicyclic) bond motifs is 1. The van der Waals surface area contributed by atoms with Crippen LogP contribution in [0.15, 0.2) is 53.1 Å². The first kappa shape index (κ1) is 17.8. The van der Waals surface area contributed by atoms with Crippen LogP contribution < -0.4 is 14.2 Å². The van der Waals surface area contributed by atoms with E-state index in [2.05, 4.69) is 10.1 Å². The zero-order valence-electron chi connectivity index (χ0n) is 15.5. The molecule has 1 aromatic heterocycles. The molecule has 1 atom stereocenters. The molecule has 0 spiro atoms. The van der Waals surface area contributed by atoms with Gasteiger partial charge in [0, 0.05) is 12.6 Å². The van der Waals surface area contributed by atoms with E-state index in [9.17, 15) is 4.79 Å². The number of nitrogens with zero attached hydrogens (tertiary/aromatic N) is 3. The fraction of sp³-hybridized carbons (Fsp3) is 0.250.